The molecule has 0 radical (unpaired) electrons. The van der Waals surface area contributed by atoms with Gasteiger partial charge in [-0.25, -0.2) is 9.97 Å². The van der Waals surface area contributed by atoms with Crippen molar-refractivity contribution in [3.63, 3.8) is 0 Å². The minimum atomic E-state index is 0.434. The van der Waals surface area contributed by atoms with Crippen LogP contribution in [0.3, 0.4) is 0 Å². The van der Waals surface area contributed by atoms with E-state index in [1.165, 1.54) is 0 Å². The summed E-state index contributed by atoms with van der Waals surface area (Å²) in [6.07, 6.45) is 0. The number of hydrogen-bond acceptors (Lipinski definition) is 6. The topological polar surface area (TPSA) is 131 Å². The van der Waals surface area contributed by atoms with Crippen LogP contribution in [0.15, 0.2) is 231 Å². The van der Waals surface area contributed by atoms with Gasteiger partial charge >= 0.3 is 0 Å². The highest BCUT2D eigenvalue weighted by molar-refractivity contribution is 6.13. The van der Waals surface area contributed by atoms with Gasteiger partial charge in [-0.05, 0) is 101 Å². The molecule has 0 aliphatic heterocycles. The van der Waals surface area contributed by atoms with Gasteiger partial charge in [-0.15, -0.1) is 0 Å². The molecule has 0 spiro atoms. The van der Waals surface area contributed by atoms with Crippen LogP contribution in [-0.4, -0.2) is 19.1 Å². The van der Waals surface area contributed by atoms with Gasteiger partial charge in [0.15, 0.2) is 5.82 Å². The molecule has 3 aromatic heterocycles. The zero-order valence-corrected chi connectivity index (χ0v) is 40.5. The van der Waals surface area contributed by atoms with Gasteiger partial charge < -0.3 is 9.13 Å². The Hall–Kier alpha value is -11.2. The van der Waals surface area contributed by atoms with Gasteiger partial charge in [0.1, 0.15) is 0 Å². The predicted molar refractivity (Wildman–Crippen MR) is 302 cm³/mol. The summed E-state index contributed by atoms with van der Waals surface area (Å²) < 4.78 is 4.67. The minimum Gasteiger partial charge on any atom is -0.309 e. The molecule has 0 amide bonds. The largest absolute Gasteiger partial charge is 0.309 e. The number of hydrogen-bond donors (Lipinski definition) is 0. The van der Waals surface area contributed by atoms with Crippen molar-refractivity contribution in [2.45, 2.75) is 0 Å². The van der Waals surface area contributed by atoms with Crippen molar-refractivity contribution in [3.8, 4) is 103 Å². The highest BCUT2D eigenvalue weighted by Crippen LogP contribution is 2.44. The second-order valence-corrected chi connectivity index (χ2v) is 18.6. The highest BCUT2D eigenvalue weighted by atomic mass is 15.0. The SMILES string of the molecule is N#Cc1ccc(-c2ccc3c(c2)c2ccccc2n3-c2ccccc2-c2ccc(-c3cc(-c4ccccc4)nc(-c4ccccc4)n3)cc2-n2c3ccccc3c3cc(-c4ccc(C#N)cc4C#N)ccc32)c(C#N)c1. The smallest absolute Gasteiger partial charge is 0.160 e. The maximum atomic E-state index is 10.3. The predicted octanol–water partition coefficient (Wildman–Crippen LogP) is 16.2. The fourth-order valence-electron chi connectivity index (χ4n) is 10.8. The molecule has 76 heavy (non-hydrogen) atoms. The Morgan fingerprint density at radius 2 is 0.737 bits per heavy atom. The van der Waals surface area contributed by atoms with Crippen LogP contribution in [0.25, 0.3) is 122 Å². The Morgan fingerprint density at radius 3 is 1.30 bits per heavy atom. The first-order chi connectivity index (χ1) is 37.5. The fraction of sp³-hybridized carbons (Fsp3) is 0. The van der Waals surface area contributed by atoms with E-state index >= 15 is 0 Å². The zero-order valence-electron chi connectivity index (χ0n) is 40.5. The van der Waals surface area contributed by atoms with E-state index in [9.17, 15) is 21.0 Å². The number of rotatable bonds is 8. The van der Waals surface area contributed by atoms with Gasteiger partial charge in [-0.2, -0.15) is 21.0 Å². The lowest BCUT2D eigenvalue weighted by Gasteiger charge is -2.20. The van der Waals surface area contributed by atoms with Crippen LogP contribution >= 0.6 is 0 Å². The Kier molecular flexibility index (Phi) is 10.9. The molecule has 13 aromatic rings. The average molecular weight is 967 g/mol. The van der Waals surface area contributed by atoms with Gasteiger partial charge in [0.2, 0.25) is 0 Å². The lowest BCUT2D eigenvalue weighted by Crippen LogP contribution is -2.02. The first kappa shape index (κ1) is 44.8. The van der Waals surface area contributed by atoms with Gasteiger partial charge in [-0.3, -0.25) is 0 Å². The summed E-state index contributed by atoms with van der Waals surface area (Å²) in [4.78, 5) is 10.4. The van der Waals surface area contributed by atoms with Gasteiger partial charge in [0.05, 0.1) is 91.4 Å². The average Bonchev–Trinajstić information content (AvgIpc) is 4.06. The molecule has 0 N–H and O–H groups in total. The zero-order chi connectivity index (χ0) is 51.3. The third-order valence-corrected chi connectivity index (χ3v) is 14.3. The molecule has 0 unspecified atom stereocenters. The summed E-state index contributed by atoms with van der Waals surface area (Å²) >= 11 is 0. The summed E-state index contributed by atoms with van der Waals surface area (Å²) in [5, 5.41) is 43.9. The second-order valence-electron chi connectivity index (χ2n) is 18.6. The van der Waals surface area contributed by atoms with E-state index in [0.29, 0.717) is 28.1 Å². The van der Waals surface area contributed by atoms with E-state index in [1.807, 2.05) is 60.7 Å². The normalized spacial score (nSPS) is 11.1. The van der Waals surface area contributed by atoms with Crippen molar-refractivity contribution in [1.29, 1.82) is 21.0 Å². The van der Waals surface area contributed by atoms with Crippen LogP contribution in [0.5, 0.6) is 0 Å². The van der Waals surface area contributed by atoms with Crippen molar-refractivity contribution >= 4 is 43.6 Å². The van der Waals surface area contributed by atoms with Crippen LogP contribution in [0.2, 0.25) is 0 Å². The molecule has 8 nitrogen and oxygen atoms in total. The summed E-state index contributed by atoms with van der Waals surface area (Å²) in [5.41, 5.74) is 17.2. The Bertz CT molecular complexity index is 4630. The third kappa shape index (κ3) is 7.51. The van der Waals surface area contributed by atoms with Crippen LogP contribution in [0.1, 0.15) is 22.3 Å². The Labute approximate surface area is 437 Å². The Balaban J connectivity index is 1.07. The highest BCUT2D eigenvalue weighted by Gasteiger charge is 2.23. The number of benzene rings is 10. The standard InChI is InChI=1S/C68H38N8/c69-39-43-23-28-52(50(33-43)41-71)47-26-31-65-58(35-47)55-18-8-11-21-63(55)75(65)62-20-10-7-17-54(62)57-30-25-49(61-38-60(45-13-3-1-4-14-45)73-68(74-61)46-15-5-2-6-16-46)37-67(57)76-64-22-12-9-19-56(64)59-36-48(27-32-66(59)76)53-29-24-44(40-70)34-51(53)42-72/h1-38H. The Morgan fingerprint density at radius 1 is 0.289 bits per heavy atom. The second kappa shape index (κ2) is 18.5. The third-order valence-electron chi connectivity index (χ3n) is 14.3. The van der Waals surface area contributed by atoms with Crippen molar-refractivity contribution in [1.82, 2.24) is 19.1 Å². The summed E-state index contributed by atoms with van der Waals surface area (Å²) in [6, 6.07) is 86.5. The minimum absolute atomic E-state index is 0.434. The molecule has 0 atom stereocenters. The molecular formula is C68H38N8. The first-order valence-electron chi connectivity index (χ1n) is 24.7. The lowest BCUT2D eigenvalue weighted by atomic mass is 9.96. The van der Waals surface area contributed by atoms with E-state index in [0.717, 1.165) is 116 Å². The van der Waals surface area contributed by atoms with Crippen molar-refractivity contribution < 1.29 is 0 Å². The van der Waals surface area contributed by atoms with Gasteiger partial charge in [0.25, 0.3) is 0 Å². The van der Waals surface area contributed by atoms with Crippen molar-refractivity contribution in [2.24, 2.45) is 0 Å². The van der Waals surface area contributed by atoms with Crippen molar-refractivity contribution in [2.75, 3.05) is 0 Å². The van der Waals surface area contributed by atoms with E-state index in [2.05, 4.69) is 179 Å². The van der Waals surface area contributed by atoms with Crippen LogP contribution < -0.4 is 0 Å². The molecular weight excluding hydrogens is 929 g/mol. The van der Waals surface area contributed by atoms with E-state index in [1.54, 1.807) is 24.3 Å². The number of para-hydroxylation sites is 3. The number of nitriles is 4. The first-order valence-corrected chi connectivity index (χ1v) is 24.7. The van der Waals surface area contributed by atoms with E-state index < -0.39 is 0 Å². The monoisotopic (exact) mass is 966 g/mol. The van der Waals surface area contributed by atoms with Gasteiger partial charge in [0, 0.05) is 49.4 Å². The van der Waals surface area contributed by atoms with Crippen LogP contribution in [0, 0.1) is 45.3 Å². The van der Waals surface area contributed by atoms with E-state index in [-0.39, 0.29) is 0 Å². The van der Waals surface area contributed by atoms with Crippen LogP contribution in [-0.2, 0) is 0 Å². The molecule has 3 heterocycles. The maximum absolute atomic E-state index is 10.3. The summed E-state index contributed by atoms with van der Waals surface area (Å²) in [7, 11) is 0. The number of fused-ring (bicyclic) bond motifs is 6. The van der Waals surface area contributed by atoms with Crippen molar-refractivity contribution in [3.05, 3.63) is 253 Å². The summed E-state index contributed by atoms with van der Waals surface area (Å²) in [5.74, 6) is 0.620. The molecule has 0 saturated carbocycles. The summed E-state index contributed by atoms with van der Waals surface area (Å²) in [6.45, 7) is 0. The molecule has 0 fully saturated rings. The van der Waals surface area contributed by atoms with Gasteiger partial charge in [-0.1, -0.05) is 152 Å². The lowest BCUT2D eigenvalue weighted by molar-refractivity contribution is 1.15. The molecule has 10 aromatic carbocycles. The molecule has 8 heteroatoms. The van der Waals surface area contributed by atoms with Crippen LogP contribution in [0.4, 0.5) is 0 Å². The molecule has 0 bridgehead atoms. The molecule has 350 valence electrons. The molecule has 0 aliphatic rings. The van der Waals surface area contributed by atoms with E-state index in [4.69, 9.17) is 9.97 Å². The molecule has 0 saturated heterocycles. The number of aromatic nitrogens is 4. The number of nitrogens with zero attached hydrogens (tertiary/aromatic N) is 8. The fourth-order valence-corrected chi connectivity index (χ4v) is 10.8. The molecule has 13 rings (SSSR count). The molecule has 0 aliphatic carbocycles. The maximum Gasteiger partial charge on any atom is 0.160 e. The quantitative estimate of drug-likeness (QED) is 0.149.